The second kappa shape index (κ2) is 4.55. The van der Waals surface area contributed by atoms with Crippen molar-refractivity contribution in [1.29, 1.82) is 0 Å². The molecule has 2 rings (SSSR count). The van der Waals surface area contributed by atoms with Crippen molar-refractivity contribution in [3.05, 3.63) is 23.5 Å². The molecule has 0 aromatic rings. The predicted octanol–water partition coefficient (Wildman–Crippen LogP) is 3.27. The van der Waals surface area contributed by atoms with Crippen molar-refractivity contribution in [2.24, 2.45) is 5.92 Å². The number of aliphatic hydroxyl groups is 1. The summed E-state index contributed by atoms with van der Waals surface area (Å²) in [4.78, 5) is 11.9. The lowest BCUT2D eigenvalue weighted by molar-refractivity contribution is -0.151. The Hall–Kier alpha value is -1.25. The van der Waals surface area contributed by atoms with Gasteiger partial charge in [0.2, 0.25) is 0 Å². The Morgan fingerprint density at radius 3 is 2.59 bits per heavy atom. The summed E-state index contributed by atoms with van der Waals surface area (Å²) in [6.45, 7) is 3.82. The van der Waals surface area contributed by atoms with Crippen LogP contribution in [0.15, 0.2) is 23.5 Å². The fourth-order valence-electron chi connectivity index (χ4n) is 2.87. The van der Waals surface area contributed by atoms with Crippen molar-refractivity contribution in [2.45, 2.75) is 51.6 Å². The number of allylic oxidation sites excluding steroid dienone is 2. The van der Waals surface area contributed by atoms with Gasteiger partial charge in [-0.25, -0.2) is 4.79 Å². The van der Waals surface area contributed by atoms with Crippen LogP contribution < -0.4 is 0 Å². The van der Waals surface area contributed by atoms with E-state index in [0.717, 1.165) is 32.1 Å². The first-order chi connectivity index (χ1) is 8.10. The van der Waals surface area contributed by atoms with Gasteiger partial charge >= 0.3 is 5.97 Å². The summed E-state index contributed by atoms with van der Waals surface area (Å²) in [5, 5.41) is 10.3. The van der Waals surface area contributed by atoms with Gasteiger partial charge in [0, 0.05) is 5.92 Å². The van der Waals surface area contributed by atoms with Gasteiger partial charge < -0.3 is 9.84 Å². The van der Waals surface area contributed by atoms with Gasteiger partial charge in [-0.2, -0.15) is 0 Å². The first-order valence-corrected chi connectivity index (χ1v) is 6.40. The van der Waals surface area contributed by atoms with Crippen molar-refractivity contribution in [3.8, 4) is 0 Å². The van der Waals surface area contributed by atoms with Gasteiger partial charge in [0.15, 0.2) is 5.60 Å². The van der Waals surface area contributed by atoms with Crippen LogP contribution in [-0.2, 0) is 9.53 Å². The van der Waals surface area contributed by atoms with E-state index in [0.29, 0.717) is 5.57 Å². The number of esters is 1. The molecule has 3 nitrogen and oxygen atoms in total. The maximum atomic E-state index is 11.9. The Kier molecular flexibility index (Phi) is 3.27. The van der Waals surface area contributed by atoms with Crippen LogP contribution in [0.5, 0.6) is 0 Å². The summed E-state index contributed by atoms with van der Waals surface area (Å²) >= 11 is 0. The van der Waals surface area contributed by atoms with Crippen LogP contribution in [0.4, 0.5) is 0 Å². The van der Waals surface area contributed by atoms with Crippen molar-refractivity contribution >= 4 is 5.97 Å². The molecule has 3 heteroatoms. The Labute approximate surface area is 102 Å². The summed E-state index contributed by atoms with van der Waals surface area (Å²) in [6, 6.07) is 0. The van der Waals surface area contributed by atoms with E-state index in [1.165, 1.54) is 0 Å². The average molecular weight is 236 g/mol. The minimum Gasteiger partial charge on any atom is -0.507 e. The lowest BCUT2D eigenvalue weighted by atomic mass is 9.82. The molecule has 1 unspecified atom stereocenters. The third-order valence-corrected chi connectivity index (χ3v) is 3.79. The maximum absolute atomic E-state index is 11.9. The molecule has 1 heterocycles. The summed E-state index contributed by atoms with van der Waals surface area (Å²) in [5.74, 6) is -0.225. The topological polar surface area (TPSA) is 46.5 Å². The van der Waals surface area contributed by atoms with Gasteiger partial charge in [0.05, 0.1) is 5.57 Å². The molecule has 17 heavy (non-hydrogen) atoms. The van der Waals surface area contributed by atoms with Crippen LogP contribution >= 0.6 is 0 Å². The van der Waals surface area contributed by atoms with Gasteiger partial charge in [-0.1, -0.05) is 25.5 Å². The highest BCUT2D eigenvalue weighted by Crippen LogP contribution is 2.44. The molecule has 1 fully saturated rings. The highest BCUT2D eigenvalue weighted by atomic mass is 16.6. The van der Waals surface area contributed by atoms with Crippen molar-refractivity contribution in [1.82, 2.24) is 0 Å². The third kappa shape index (κ3) is 1.99. The monoisotopic (exact) mass is 236 g/mol. The average Bonchev–Trinajstić information content (AvgIpc) is 2.52. The summed E-state index contributed by atoms with van der Waals surface area (Å²) in [5.41, 5.74) is -0.245. The molecule has 94 valence electrons. The maximum Gasteiger partial charge on any atom is 0.339 e. The molecule has 0 aromatic heterocycles. The number of hydrogen-bond donors (Lipinski definition) is 1. The van der Waals surface area contributed by atoms with E-state index in [1.807, 2.05) is 26.0 Å². The third-order valence-electron chi connectivity index (χ3n) is 3.79. The zero-order chi connectivity index (χ0) is 12.5. The SMILES string of the molecule is C/C=C/C(C)C1=C(O)C2(CCCCC2)OC1=O. The smallest absolute Gasteiger partial charge is 0.339 e. The molecule has 0 saturated heterocycles. The Bertz CT molecular complexity index is 373. The van der Waals surface area contributed by atoms with Crippen molar-refractivity contribution in [2.75, 3.05) is 0 Å². The second-order valence-corrected chi connectivity index (χ2v) is 5.02. The lowest BCUT2D eigenvalue weighted by Gasteiger charge is -2.31. The molecule has 0 radical (unpaired) electrons. The molecule has 0 amide bonds. The molecule has 1 saturated carbocycles. The minimum absolute atomic E-state index is 0.0752. The Balaban J connectivity index is 2.32. The molecule has 1 aliphatic carbocycles. The van der Waals surface area contributed by atoms with Crippen LogP contribution in [0.3, 0.4) is 0 Å². The van der Waals surface area contributed by atoms with Crippen LogP contribution in [-0.4, -0.2) is 16.7 Å². The quantitative estimate of drug-likeness (QED) is 0.591. The van der Waals surface area contributed by atoms with Crippen molar-refractivity contribution in [3.63, 3.8) is 0 Å². The molecular formula is C14H20O3. The zero-order valence-electron chi connectivity index (χ0n) is 10.5. The van der Waals surface area contributed by atoms with Crippen LogP contribution in [0.2, 0.25) is 0 Å². The van der Waals surface area contributed by atoms with Gasteiger partial charge in [-0.05, 0) is 32.6 Å². The minimum atomic E-state index is -0.694. The van der Waals surface area contributed by atoms with E-state index < -0.39 is 5.60 Å². The van der Waals surface area contributed by atoms with Crippen LogP contribution in [0.1, 0.15) is 46.0 Å². The first-order valence-electron chi connectivity index (χ1n) is 6.40. The fourth-order valence-corrected chi connectivity index (χ4v) is 2.87. The van der Waals surface area contributed by atoms with E-state index >= 15 is 0 Å². The molecule has 1 atom stereocenters. The van der Waals surface area contributed by atoms with E-state index in [-0.39, 0.29) is 17.6 Å². The largest absolute Gasteiger partial charge is 0.507 e. The van der Waals surface area contributed by atoms with E-state index in [4.69, 9.17) is 4.74 Å². The zero-order valence-corrected chi connectivity index (χ0v) is 10.5. The molecule has 0 bridgehead atoms. The lowest BCUT2D eigenvalue weighted by Crippen LogP contribution is -2.34. The highest BCUT2D eigenvalue weighted by Gasteiger charge is 2.49. The number of ether oxygens (including phenoxy) is 1. The second-order valence-electron chi connectivity index (χ2n) is 5.02. The Morgan fingerprint density at radius 2 is 2.00 bits per heavy atom. The van der Waals surface area contributed by atoms with E-state index in [1.54, 1.807) is 0 Å². The summed E-state index contributed by atoms with van der Waals surface area (Å²) < 4.78 is 5.49. The predicted molar refractivity (Wildman–Crippen MR) is 65.5 cm³/mol. The first kappa shape index (κ1) is 12.2. The molecule has 2 aliphatic rings. The van der Waals surface area contributed by atoms with Crippen LogP contribution in [0, 0.1) is 5.92 Å². The van der Waals surface area contributed by atoms with Gasteiger partial charge in [-0.15, -0.1) is 0 Å². The van der Waals surface area contributed by atoms with Gasteiger partial charge in [0.25, 0.3) is 0 Å². The van der Waals surface area contributed by atoms with Gasteiger partial charge in [0.1, 0.15) is 5.76 Å². The molecule has 1 N–H and O–H groups in total. The van der Waals surface area contributed by atoms with E-state index in [9.17, 15) is 9.90 Å². The fraction of sp³-hybridized carbons (Fsp3) is 0.643. The normalized spacial score (nSPS) is 25.6. The summed E-state index contributed by atoms with van der Waals surface area (Å²) in [6.07, 6.45) is 8.52. The number of carbonyl (C=O) groups excluding carboxylic acids is 1. The molecule has 1 spiro atoms. The molecule has 1 aliphatic heterocycles. The molecular weight excluding hydrogens is 216 g/mol. The number of aliphatic hydroxyl groups excluding tert-OH is 1. The van der Waals surface area contributed by atoms with Gasteiger partial charge in [-0.3, -0.25) is 0 Å². The number of rotatable bonds is 2. The van der Waals surface area contributed by atoms with Crippen LogP contribution in [0.25, 0.3) is 0 Å². The number of carbonyl (C=O) groups is 1. The standard InChI is InChI=1S/C14H20O3/c1-3-7-10(2)11-12(15)14(17-13(11)16)8-5-4-6-9-14/h3,7,10,15H,4-6,8-9H2,1-2H3/b7-3+. The molecule has 0 aromatic carbocycles. The highest BCUT2D eigenvalue weighted by molar-refractivity contribution is 5.93. The summed E-state index contributed by atoms with van der Waals surface area (Å²) in [7, 11) is 0. The van der Waals surface area contributed by atoms with Crippen molar-refractivity contribution < 1.29 is 14.6 Å². The number of hydrogen-bond acceptors (Lipinski definition) is 3. The Morgan fingerprint density at radius 1 is 1.35 bits per heavy atom. The van der Waals surface area contributed by atoms with E-state index in [2.05, 4.69) is 0 Å².